The fourth-order valence-electron chi connectivity index (χ4n) is 1.94. The van der Waals surface area contributed by atoms with E-state index in [1.807, 2.05) is 24.3 Å². The molecule has 24 heavy (non-hydrogen) atoms. The van der Waals surface area contributed by atoms with E-state index in [0.717, 1.165) is 4.90 Å². The first-order valence-corrected chi connectivity index (χ1v) is 8.03. The molecule has 2 rings (SSSR count). The van der Waals surface area contributed by atoms with Crippen LogP contribution in [0, 0.1) is 0 Å². The quantitative estimate of drug-likeness (QED) is 0.749. The molecule has 2 aromatic carbocycles. The molecular weight excluding hydrogens is 336 g/mol. The van der Waals surface area contributed by atoms with Crippen LogP contribution in [0.25, 0.3) is 0 Å². The molecule has 0 heterocycles. The molecule has 0 aliphatic rings. The average Bonchev–Trinajstić information content (AvgIpc) is 2.56. The van der Waals surface area contributed by atoms with Crippen molar-refractivity contribution in [3.05, 3.63) is 48.5 Å². The van der Waals surface area contributed by atoms with Crippen LogP contribution >= 0.6 is 11.8 Å². The molecule has 2 aromatic rings. The largest absolute Gasteiger partial charge is 0.497 e. The number of hydrogen-bond acceptors (Lipinski definition) is 4. The number of amides is 1. The maximum Gasteiger partial charge on any atom is 0.387 e. The summed E-state index contributed by atoms with van der Waals surface area (Å²) in [6, 6.07) is 13.4. The zero-order valence-corrected chi connectivity index (χ0v) is 14.0. The van der Waals surface area contributed by atoms with Crippen molar-refractivity contribution in [2.75, 3.05) is 12.4 Å². The first-order chi connectivity index (χ1) is 11.5. The molecule has 1 amide bonds. The fraction of sp³-hybridized carbons (Fsp3) is 0.235. The molecule has 0 spiro atoms. The van der Waals surface area contributed by atoms with Crippen molar-refractivity contribution in [3.63, 3.8) is 0 Å². The zero-order chi connectivity index (χ0) is 17.5. The SMILES string of the molecule is COc1cccc(SC(C)C(=O)Nc2ccccc2OC(F)F)c1. The standard InChI is InChI=1S/C17H17F2NO3S/c1-11(24-13-7-5-6-12(10-13)22-2)16(21)20-14-8-3-4-9-15(14)23-17(18)19/h3-11,17H,1-2H3,(H,20,21). The Hall–Kier alpha value is -2.28. The second-order valence-corrected chi connectivity index (χ2v) is 6.22. The van der Waals surface area contributed by atoms with Gasteiger partial charge in [-0.1, -0.05) is 18.2 Å². The lowest BCUT2D eigenvalue weighted by molar-refractivity contribution is -0.115. The number of carbonyl (C=O) groups is 1. The molecule has 0 aliphatic carbocycles. The number of hydrogen-bond donors (Lipinski definition) is 1. The summed E-state index contributed by atoms with van der Waals surface area (Å²) >= 11 is 1.34. The number of carbonyl (C=O) groups excluding carboxylic acids is 1. The van der Waals surface area contributed by atoms with E-state index in [1.165, 1.54) is 23.9 Å². The van der Waals surface area contributed by atoms with Gasteiger partial charge in [-0.2, -0.15) is 8.78 Å². The Morgan fingerprint density at radius 1 is 1.17 bits per heavy atom. The molecule has 0 radical (unpaired) electrons. The van der Waals surface area contributed by atoms with Gasteiger partial charge < -0.3 is 14.8 Å². The van der Waals surface area contributed by atoms with Crippen molar-refractivity contribution in [3.8, 4) is 11.5 Å². The summed E-state index contributed by atoms with van der Waals surface area (Å²) in [5.74, 6) is 0.316. The van der Waals surface area contributed by atoms with Crippen molar-refractivity contribution in [1.29, 1.82) is 0 Å². The third kappa shape index (κ3) is 5.13. The lowest BCUT2D eigenvalue weighted by Gasteiger charge is -2.15. The van der Waals surface area contributed by atoms with Crippen molar-refractivity contribution in [2.45, 2.75) is 23.7 Å². The number of thioether (sulfide) groups is 1. The number of halogens is 2. The predicted molar refractivity (Wildman–Crippen MR) is 90.0 cm³/mol. The third-order valence-electron chi connectivity index (χ3n) is 3.08. The predicted octanol–water partition coefficient (Wildman–Crippen LogP) is 4.42. The van der Waals surface area contributed by atoms with Gasteiger partial charge in [0.05, 0.1) is 18.0 Å². The van der Waals surface area contributed by atoms with Gasteiger partial charge in [0.2, 0.25) is 5.91 Å². The summed E-state index contributed by atoms with van der Waals surface area (Å²) in [7, 11) is 1.57. The molecule has 7 heteroatoms. The van der Waals surface area contributed by atoms with Crippen LogP contribution in [0.1, 0.15) is 6.92 Å². The summed E-state index contributed by atoms with van der Waals surface area (Å²) < 4.78 is 34.4. The van der Waals surface area contributed by atoms with Gasteiger partial charge in [-0.25, -0.2) is 0 Å². The van der Waals surface area contributed by atoms with E-state index in [9.17, 15) is 13.6 Å². The van der Waals surface area contributed by atoms with E-state index in [-0.39, 0.29) is 17.3 Å². The van der Waals surface area contributed by atoms with Crippen LogP contribution in [0.3, 0.4) is 0 Å². The molecule has 4 nitrogen and oxygen atoms in total. The summed E-state index contributed by atoms with van der Waals surface area (Å²) in [5.41, 5.74) is 0.209. The lowest BCUT2D eigenvalue weighted by Crippen LogP contribution is -2.23. The first-order valence-electron chi connectivity index (χ1n) is 7.15. The van der Waals surface area contributed by atoms with Crippen molar-refractivity contribution < 1.29 is 23.0 Å². The molecule has 128 valence electrons. The number of rotatable bonds is 7. The molecule has 0 aromatic heterocycles. The Morgan fingerprint density at radius 3 is 2.62 bits per heavy atom. The van der Waals surface area contributed by atoms with Crippen molar-refractivity contribution in [1.82, 2.24) is 0 Å². The minimum Gasteiger partial charge on any atom is -0.497 e. The van der Waals surface area contributed by atoms with Gasteiger partial charge >= 0.3 is 6.61 Å². The molecule has 0 bridgehead atoms. The van der Waals surface area contributed by atoms with Gasteiger partial charge in [-0.15, -0.1) is 11.8 Å². The smallest absolute Gasteiger partial charge is 0.387 e. The highest BCUT2D eigenvalue weighted by Gasteiger charge is 2.17. The molecule has 1 unspecified atom stereocenters. The van der Waals surface area contributed by atoms with Crippen LogP contribution < -0.4 is 14.8 Å². The fourth-order valence-corrected chi connectivity index (χ4v) is 2.85. The summed E-state index contributed by atoms with van der Waals surface area (Å²) in [6.07, 6.45) is 0. The minimum atomic E-state index is -2.95. The maximum absolute atomic E-state index is 12.4. The Labute approximate surface area is 143 Å². The van der Waals surface area contributed by atoms with Gasteiger partial charge in [-0.05, 0) is 37.3 Å². The number of nitrogens with one attached hydrogen (secondary N) is 1. The van der Waals surface area contributed by atoms with E-state index in [4.69, 9.17) is 4.74 Å². The summed E-state index contributed by atoms with van der Waals surface area (Å²) in [5, 5.41) is 2.18. The van der Waals surface area contributed by atoms with Gasteiger partial charge in [0.1, 0.15) is 11.5 Å². The molecule has 0 saturated carbocycles. The monoisotopic (exact) mass is 353 g/mol. The molecular formula is C17H17F2NO3S. The highest BCUT2D eigenvalue weighted by atomic mass is 32.2. The number of ether oxygens (including phenoxy) is 2. The molecule has 0 aliphatic heterocycles. The lowest BCUT2D eigenvalue weighted by atomic mass is 10.3. The molecule has 1 N–H and O–H groups in total. The maximum atomic E-state index is 12.4. The van der Waals surface area contributed by atoms with Crippen LogP contribution in [0.5, 0.6) is 11.5 Å². The van der Waals surface area contributed by atoms with E-state index in [1.54, 1.807) is 26.2 Å². The van der Waals surface area contributed by atoms with Gasteiger partial charge in [-0.3, -0.25) is 4.79 Å². The Bertz CT molecular complexity index is 697. The Kier molecular flexibility index (Phi) is 6.43. The van der Waals surface area contributed by atoms with Gasteiger partial charge in [0.25, 0.3) is 0 Å². The Morgan fingerprint density at radius 2 is 1.92 bits per heavy atom. The number of methoxy groups -OCH3 is 1. The zero-order valence-electron chi connectivity index (χ0n) is 13.2. The minimum absolute atomic E-state index is 0.0700. The van der Waals surface area contributed by atoms with Crippen molar-refractivity contribution >= 4 is 23.4 Å². The highest BCUT2D eigenvalue weighted by Crippen LogP contribution is 2.29. The normalized spacial score (nSPS) is 11.9. The Balaban J connectivity index is 2.04. The van der Waals surface area contributed by atoms with E-state index >= 15 is 0 Å². The molecule has 1 atom stereocenters. The van der Waals surface area contributed by atoms with Crippen LogP contribution in [0.4, 0.5) is 14.5 Å². The number of benzene rings is 2. The van der Waals surface area contributed by atoms with E-state index < -0.39 is 11.9 Å². The molecule has 0 saturated heterocycles. The van der Waals surface area contributed by atoms with Crippen molar-refractivity contribution in [2.24, 2.45) is 0 Å². The van der Waals surface area contributed by atoms with E-state index in [0.29, 0.717) is 5.75 Å². The van der Waals surface area contributed by atoms with Gasteiger partial charge in [0.15, 0.2) is 0 Å². The summed E-state index contributed by atoms with van der Waals surface area (Å²) in [4.78, 5) is 13.2. The average molecular weight is 353 g/mol. The van der Waals surface area contributed by atoms with Crippen LogP contribution in [-0.2, 0) is 4.79 Å². The second-order valence-electron chi connectivity index (χ2n) is 4.80. The summed E-state index contributed by atoms with van der Waals surface area (Å²) in [6.45, 7) is -1.22. The van der Waals surface area contributed by atoms with Crippen LogP contribution in [0.2, 0.25) is 0 Å². The number of para-hydroxylation sites is 2. The first kappa shape index (κ1) is 18.1. The highest BCUT2D eigenvalue weighted by molar-refractivity contribution is 8.00. The van der Waals surface area contributed by atoms with E-state index in [2.05, 4.69) is 10.1 Å². The molecule has 0 fully saturated rings. The number of alkyl halides is 2. The van der Waals surface area contributed by atoms with Gasteiger partial charge in [0, 0.05) is 4.90 Å². The second kappa shape index (κ2) is 8.54. The topological polar surface area (TPSA) is 47.6 Å². The number of anilines is 1. The van der Waals surface area contributed by atoms with Crippen LogP contribution in [0.15, 0.2) is 53.4 Å². The van der Waals surface area contributed by atoms with Crippen LogP contribution in [-0.4, -0.2) is 24.9 Å². The third-order valence-corrected chi connectivity index (χ3v) is 4.18.